The van der Waals surface area contributed by atoms with Crippen molar-refractivity contribution in [1.29, 1.82) is 0 Å². The van der Waals surface area contributed by atoms with Gasteiger partial charge >= 0.3 is 0 Å². The molecular weight excluding hydrogens is 170 g/mol. The van der Waals surface area contributed by atoms with Crippen LogP contribution in [0.2, 0.25) is 0 Å². The molecule has 0 bridgehead atoms. The fourth-order valence-corrected chi connectivity index (χ4v) is 1.49. The lowest BCUT2D eigenvalue weighted by molar-refractivity contribution is 0.285. The van der Waals surface area contributed by atoms with Crippen LogP contribution in [-0.2, 0) is 6.61 Å². The number of aliphatic hydroxyl groups is 1. The highest BCUT2D eigenvalue weighted by molar-refractivity contribution is 7.10. The second kappa shape index (κ2) is 4.94. The van der Waals surface area contributed by atoms with E-state index < -0.39 is 0 Å². The van der Waals surface area contributed by atoms with E-state index in [2.05, 4.69) is 17.2 Å². The zero-order chi connectivity index (χ0) is 8.81. The third kappa shape index (κ3) is 2.35. The topological polar surface area (TPSA) is 32.3 Å². The fourth-order valence-electron chi connectivity index (χ4n) is 0.802. The first-order chi connectivity index (χ1) is 5.88. The van der Waals surface area contributed by atoms with Crippen molar-refractivity contribution in [2.24, 2.45) is 0 Å². The molecule has 64 valence electrons. The Labute approximate surface area is 76.2 Å². The van der Waals surface area contributed by atoms with E-state index in [4.69, 9.17) is 5.11 Å². The van der Waals surface area contributed by atoms with Crippen LogP contribution in [0.15, 0.2) is 11.4 Å². The highest BCUT2D eigenvalue weighted by Gasteiger charge is 1.97. The van der Waals surface area contributed by atoms with Crippen LogP contribution in [-0.4, -0.2) is 18.7 Å². The first kappa shape index (κ1) is 9.27. The zero-order valence-corrected chi connectivity index (χ0v) is 7.74. The molecule has 0 fully saturated rings. The fraction of sp³-hybridized carbons (Fsp3) is 0.333. The van der Waals surface area contributed by atoms with Crippen molar-refractivity contribution in [3.05, 3.63) is 21.9 Å². The molecular formula is C9H11NOS. The van der Waals surface area contributed by atoms with E-state index in [0.29, 0.717) is 6.54 Å². The number of hydrogen-bond donors (Lipinski definition) is 2. The van der Waals surface area contributed by atoms with Crippen molar-refractivity contribution in [3.8, 4) is 11.8 Å². The standard InChI is InChI=1S/C9H11NOS/c1-10-5-2-3-8-4-6-12-9(8)7-11/h4,6,10-11H,5,7H2,1H3. The first-order valence-corrected chi connectivity index (χ1v) is 4.57. The largest absolute Gasteiger partial charge is 0.391 e. The maximum Gasteiger partial charge on any atom is 0.0787 e. The molecule has 12 heavy (non-hydrogen) atoms. The van der Waals surface area contributed by atoms with Gasteiger partial charge in [0.25, 0.3) is 0 Å². The van der Waals surface area contributed by atoms with E-state index in [0.717, 1.165) is 10.4 Å². The second-order valence-corrected chi connectivity index (χ2v) is 3.25. The molecule has 3 heteroatoms. The Bertz CT molecular complexity index is 295. The molecule has 0 saturated carbocycles. The van der Waals surface area contributed by atoms with Crippen molar-refractivity contribution in [2.45, 2.75) is 6.61 Å². The van der Waals surface area contributed by atoms with Crippen molar-refractivity contribution in [2.75, 3.05) is 13.6 Å². The van der Waals surface area contributed by atoms with Crippen molar-refractivity contribution >= 4 is 11.3 Å². The number of nitrogens with one attached hydrogen (secondary N) is 1. The maximum atomic E-state index is 8.89. The monoisotopic (exact) mass is 181 g/mol. The molecule has 0 amide bonds. The van der Waals surface area contributed by atoms with Crippen LogP contribution in [0.1, 0.15) is 10.4 Å². The van der Waals surface area contributed by atoms with Crippen LogP contribution in [0.3, 0.4) is 0 Å². The lowest BCUT2D eigenvalue weighted by Gasteiger charge is -1.89. The SMILES string of the molecule is CNCC#Cc1ccsc1CO. The van der Waals surface area contributed by atoms with Gasteiger partial charge in [-0.25, -0.2) is 0 Å². The summed E-state index contributed by atoms with van der Waals surface area (Å²) >= 11 is 1.53. The minimum Gasteiger partial charge on any atom is -0.391 e. The first-order valence-electron chi connectivity index (χ1n) is 3.69. The molecule has 0 saturated heterocycles. The molecule has 0 unspecified atom stereocenters. The zero-order valence-electron chi connectivity index (χ0n) is 6.92. The second-order valence-electron chi connectivity index (χ2n) is 2.25. The van der Waals surface area contributed by atoms with Crippen LogP contribution in [0, 0.1) is 11.8 Å². The van der Waals surface area contributed by atoms with Crippen molar-refractivity contribution in [1.82, 2.24) is 5.32 Å². The average Bonchev–Trinajstić information content (AvgIpc) is 2.52. The predicted octanol–water partition coefficient (Wildman–Crippen LogP) is 0.811. The molecule has 0 aliphatic rings. The van der Waals surface area contributed by atoms with Gasteiger partial charge in [-0.05, 0) is 18.5 Å². The third-order valence-corrected chi connectivity index (χ3v) is 2.28. The molecule has 2 N–H and O–H groups in total. The Morgan fingerprint density at radius 2 is 2.50 bits per heavy atom. The summed E-state index contributed by atoms with van der Waals surface area (Å²) in [6, 6.07) is 1.93. The van der Waals surface area contributed by atoms with Crippen molar-refractivity contribution in [3.63, 3.8) is 0 Å². The average molecular weight is 181 g/mol. The van der Waals surface area contributed by atoms with E-state index in [1.54, 1.807) is 0 Å². The Balaban J connectivity index is 2.69. The summed E-state index contributed by atoms with van der Waals surface area (Å²) in [6.07, 6.45) is 0. The number of thiophene rings is 1. The maximum absolute atomic E-state index is 8.89. The summed E-state index contributed by atoms with van der Waals surface area (Å²) in [4.78, 5) is 0.943. The lowest BCUT2D eigenvalue weighted by atomic mass is 10.2. The number of rotatable bonds is 2. The van der Waals surface area contributed by atoms with Gasteiger partial charge < -0.3 is 10.4 Å². The molecule has 0 radical (unpaired) electrons. The minimum atomic E-state index is 0.0846. The van der Waals surface area contributed by atoms with Gasteiger partial charge in [-0.2, -0.15) is 0 Å². The molecule has 1 aromatic heterocycles. The van der Waals surface area contributed by atoms with E-state index in [-0.39, 0.29) is 6.61 Å². The molecule has 0 aromatic carbocycles. The molecule has 0 aliphatic carbocycles. The van der Waals surface area contributed by atoms with Gasteiger partial charge in [0, 0.05) is 10.4 Å². The smallest absolute Gasteiger partial charge is 0.0787 e. The minimum absolute atomic E-state index is 0.0846. The predicted molar refractivity (Wildman–Crippen MR) is 51.0 cm³/mol. The van der Waals surface area contributed by atoms with Gasteiger partial charge in [0.1, 0.15) is 0 Å². The van der Waals surface area contributed by atoms with Crippen LogP contribution >= 0.6 is 11.3 Å². The number of aliphatic hydroxyl groups excluding tert-OH is 1. The van der Waals surface area contributed by atoms with Gasteiger partial charge in [0.2, 0.25) is 0 Å². The lowest BCUT2D eigenvalue weighted by Crippen LogP contribution is -2.04. The molecule has 0 spiro atoms. The summed E-state index contributed by atoms with van der Waals surface area (Å²) in [5, 5.41) is 13.8. The molecule has 1 rings (SSSR count). The highest BCUT2D eigenvalue weighted by atomic mass is 32.1. The Hall–Kier alpha value is -0.820. The van der Waals surface area contributed by atoms with Gasteiger partial charge in [-0.1, -0.05) is 11.8 Å². The van der Waals surface area contributed by atoms with Crippen LogP contribution < -0.4 is 5.32 Å². The summed E-state index contributed by atoms with van der Waals surface area (Å²) < 4.78 is 0. The molecule has 0 atom stereocenters. The van der Waals surface area contributed by atoms with E-state index >= 15 is 0 Å². The normalized spacial score (nSPS) is 9.17. The van der Waals surface area contributed by atoms with Gasteiger partial charge in [-0.3, -0.25) is 0 Å². The number of hydrogen-bond acceptors (Lipinski definition) is 3. The molecule has 2 nitrogen and oxygen atoms in total. The van der Waals surface area contributed by atoms with Crippen molar-refractivity contribution < 1.29 is 5.11 Å². The summed E-state index contributed by atoms with van der Waals surface area (Å²) in [7, 11) is 1.86. The van der Waals surface area contributed by atoms with Gasteiger partial charge in [0.15, 0.2) is 0 Å². The summed E-state index contributed by atoms with van der Waals surface area (Å²) in [6.45, 7) is 0.766. The Kier molecular flexibility index (Phi) is 3.81. The molecule has 1 aromatic rings. The van der Waals surface area contributed by atoms with Gasteiger partial charge in [-0.15, -0.1) is 11.3 Å². The Morgan fingerprint density at radius 3 is 3.17 bits per heavy atom. The van der Waals surface area contributed by atoms with E-state index in [1.165, 1.54) is 11.3 Å². The van der Waals surface area contributed by atoms with E-state index in [1.807, 2.05) is 18.5 Å². The summed E-state index contributed by atoms with van der Waals surface area (Å²) in [5.41, 5.74) is 0.942. The highest BCUT2D eigenvalue weighted by Crippen LogP contribution is 2.14. The quantitative estimate of drug-likeness (QED) is 0.662. The van der Waals surface area contributed by atoms with Crippen LogP contribution in [0.25, 0.3) is 0 Å². The third-order valence-electron chi connectivity index (χ3n) is 1.38. The van der Waals surface area contributed by atoms with Crippen LogP contribution in [0.4, 0.5) is 0 Å². The summed E-state index contributed by atoms with van der Waals surface area (Å²) in [5.74, 6) is 5.93. The van der Waals surface area contributed by atoms with Crippen LogP contribution in [0.5, 0.6) is 0 Å². The Morgan fingerprint density at radius 1 is 1.67 bits per heavy atom. The van der Waals surface area contributed by atoms with Gasteiger partial charge in [0.05, 0.1) is 13.2 Å². The van der Waals surface area contributed by atoms with E-state index in [9.17, 15) is 0 Å². The molecule has 0 aliphatic heterocycles. The molecule has 1 heterocycles.